The quantitative estimate of drug-likeness (QED) is 0.853. The molecular formula is C16H22N4O2. The molecule has 6 nitrogen and oxygen atoms in total. The largest absolute Gasteiger partial charge is 0.367 e. The van der Waals surface area contributed by atoms with E-state index in [1.54, 1.807) is 11.3 Å². The van der Waals surface area contributed by atoms with E-state index in [1.165, 1.54) is 0 Å². The van der Waals surface area contributed by atoms with Gasteiger partial charge in [0.1, 0.15) is 0 Å². The smallest absolute Gasteiger partial charge is 0.330 e. The van der Waals surface area contributed by atoms with Gasteiger partial charge in [-0.2, -0.15) is 0 Å². The summed E-state index contributed by atoms with van der Waals surface area (Å²) < 4.78 is 2.14. The fraction of sp³-hybridized carbons (Fsp3) is 0.562. The van der Waals surface area contributed by atoms with Crippen molar-refractivity contribution in [3.05, 3.63) is 24.8 Å². The van der Waals surface area contributed by atoms with Crippen LogP contribution in [-0.4, -0.2) is 38.7 Å². The summed E-state index contributed by atoms with van der Waals surface area (Å²) in [6, 6.07) is 2.15. The van der Waals surface area contributed by atoms with E-state index in [-0.39, 0.29) is 12.0 Å². The molecule has 0 spiro atoms. The summed E-state index contributed by atoms with van der Waals surface area (Å²) in [6.45, 7) is 7.06. The zero-order valence-electron chi connectivity index (χ0n) is 13.3. The standard InChI is InChI=1S/C16H22N4O2/c1-16(2,3)15(21)22-19-8-4-5-12(10-19)20-11-18-13-6-7-17-9-14(13)20/h6-7,9,11-12H,4-5,8,10H2,1-3H3. The lowest BCUT2D eigenvalue weighted by molar-refractivity contribution is -0.206. The molecule has 22 heavy (non-hydrogen) atoms. The van der Waals surface area contributed by atoms with Crippen LogP contribution >= 0.6 is 0 Å². The lowest BCUT2D eigenvalue weighted by Gasteiger charge is -2.33. The van der Waals surface area contributed by atoms with Crippen LogP contribution in [0.15, 0.2) is 24.8 Å². The molecule has 0 amide bonds. The highest BCUT2D eigenvalue weighted by atomic mass is 16.7. The van der Waals surface area contributed by atoms with Crippen molar-refractivity contribution in [3.8, 4) is 0 Å². The van der Waals surface area contributed by atoms with Crippen LogP contribution in [-0.2, 0) is 9.63 Å². The van der Waals surface area contributed by atoms with E-state index in [1.807, 2.05) is 39.4 Å². The van der Waals surface area contributed by atoms with Gasteiger partial charge in [0.05, 0.1) is 41.6 Å². The fourth-order valence-corrected chi connectivity index (χ4v) is 2.65. The molecule has 0 radical (unpaired) electrons. The summed E-state index contributed by atoms with van der Waals surface area (Å²) in [5.41, 5.74) is 1.48. The Morgan fingerprint density at radius 2 is 2.23 bits per heavy atom. The molecule has 0 N–H and O–H groups in total. The van der Waals surface area contributed by atoms with Gasteiger partial charge < -0.3 is 9.40 Å². The summed E-state index contributed by atoms with van der Waals surface area (Å²) in [7, 11) is 0. The Bertz CT molecular complexity index is 674. The lowest BCUT2D eigenvalue weighted by Crippen LogP contribution is -2.40. The SMILES string of the molecule is CC(C)(C)C(=O)ON1CCCC(n2cnc3ccncc32)C1. The molecule has 1 aliphatic rings. The maximum atomic E-state index is 12.0. The Morgan fingerprint density at radius 1 is 1.41 bits per heavy atom. The lowest BCUT2D eigenvalue weighted by atomic mass is 9.98. The van der Waals surface area contributed by atoms with Crippen LogP contribution in [0.1, 0.15) is 39.7 Å². The van der Waals surface area contributed by atoms with E-state index in [0.29, 0.717) is 6.54 Å². The van der Waals surface area contributed by atoms with Crippen molar-refractivity contribution in [2.24, 2.45) is 5.41 Å². The van der Waals surface area contributed by atoms with Crippen molar-refractivity contribution in [1.82, 2.24) is 19.6 Å². The Hall–Kier alpha value is -1.95. The first-order valence-electron chi connectivity index (χ1n) is 7.69. The number of nitrogens with zero attached hydrogens (tertiary/aromatic N) is 4. The predicted octanol–water partition coefficient (Wildman–Crippen LogP) is 2.57. The van der Waals surface area contributed by atoms with Gasteiger partial charge in [-0.15, -0.1) is 5.06 Å². The molecule has 0 aliphatic carbocycles. The maximum absolute atomic E-state index is 12.0. The molecule has 118 valence electrons. The topological polar surface area (TPSA) is 60.2 Å². The molecule has 3 heterocycles. The number of hydrogen-bond acceptors (Lipinski definition) is 5. The second kappa shape index (κ2) is 5.68. The molecule has 1 atom stereocenters. The molecule has 1 saturated heterocycles. The number of rotatable bonds is 2. The second-order valence-electron chi connectivity index (χ2n) is 6.83. The molecule has 0 saturated carbocycles. The van der Waals surface area contributed by atoms with Crippen molar-refractivity contribution in [1.29, 1.82) is 0 Å². The number of hydrogen-bond donors (Lipinski definition) is 0. The number of fused-ring (bicyclic) bond motifs is 1. The van der Waals surface area contributed by atoms with Gasteiger partial charge in [0.25, 0.3) is 0 Å². The van der Waals surface area contributed by atoms with Gasteiger partial charge in [-0.25, -0.2) is 9.78 Å². The first-order chi connectivity index (χ1) is 10.4. The van der Waals surface area contributed by atoms with Crippen LogP contribution in [0, 0.1) is 5.41 Å². The number of hydroxylamine groups is 2. The monoisotopic (exact) mass is 302 g/mol. The minimum atomic E-state index is -0.488. The Kier molecular flexibility index (Phi) is 3.87. The zero-order valence-corrected chi connectivity index (χ0v) is 13.3. The van der Waals surface area contributed by atoms with Crippen molar-refractivity contribution < 1.29 is 9.63 Å². The van der Waals surface area contributed by atoms with Gasteiger partial charge in [-0.1, -0.05) is 0 Å². The summed E-state index contributed by atoms with van der Waals surface area (Å²) in [6.07, 6.45) is 7.47. The summed E-state index contributed by atoms with van der Waals surface area (Å²) >= 11 is 0. The van der Waals surface area contributed by atoms with Gasteiger partial charge in [0.15, 0.2) is 0 Å². The summed E-state index contributed by atoms with van der Waals surface area (Å²) in [5.74, 6) is -0.190. The summed E-state index contributed by atoms with van der Waals surface area (Å²) in [4.78, 5) is 26.2. The van der Waals surface area contributed by atoms with Gasteiger partial charge in [0.2, 0.25) is 0 Å². The molecule has 1 fully saturated rings. The van der Waals surface area contributed by atoms with Crippen molar-refractivity contribution >= 4 is 17.0 Å². The van der Waals surface area contributed by atoms with Crippen molar-refractivity contribution in [2.45, 2.75) is 39.7 Å². The highest BCUT2D eigenvalue weighted by molar-refractivity contribution is 5.75. The summed E-state index contributed by atoms with van der Waals surface area (Å²) in [5, 5.41) is 1.78. The molecular weight excluding hydrogens is 280 g/mol. The van der Waals surface area contributed by atoms with Gasteiger partial charge in [-0.3, -0.25) is 4.98 Å². The third-order valence-corrected chi connectivity index (χ3v) is 3.95. The predicted molar refractivity (Wildman–Crippen MR) is 82.9 cm³/mol. The average molecular weight is 302 g/mol. The second-order valence-corrected chi connectivity index (χ2v) is 6.83. The molecule has 2 aromatic rings. The highest BCUT2D eigenvalue weighted by Gasteiger charge is 2.29. The fourth-order valence-electron chi connectivity index (χ4n) is 2.65. The average Bonchev–Trinajstić information content (AvgIpc) is 2.90. The number of aromatic nitrogens is 3. The van der Waals surface area contributed by atoms with Crippen LogP contribution in [0.5, 0.6) is 0 Å². The van der Waals surface area contributed by atoms with Crippen LogP contribution < -0.4 is 0 Å². The molecule has 1 aliphatic heterocycles. The van der Waals surface area contributed by atoms with E-state index in [9.17, 15) is 4.79 Å². The first-order valence-corrected chi connectivity index (χ1v) is 7.69. The number of pyridine rings is 1. The minimum absolute atomic E-state index is 0.190. The third kappa shape index (κ3) is 2.97. The van der Waals surface area contributed by atoms with Crippen LogP contribution in [0.25, 0.3) is 11.0 Å². The number of piperidine rings is 1. The zero-order chi connectivity index (χ0) is 15.7. The molecule has 0 aromatic carbocycles. The van der Waals surface area contributed by atoms with E-state index >= 15 is 0 Å². The van der Waals surface area contributed by atoms with Crippen LogP contribution in [0.2, 0.25) is 0 Å². The maximum Gasteiger partial charge on any atom is 0.330 e. The molecule has 2 aromatic heterocycles. The highest BCUT2D eigenvalue weighted by Crippen LogP contribution is 2.26. The first kappa shape index (κ1) is 15.0. The Labute approximate surface area is 130 Å². The van der Waals surface area contributed by atoms with E-state index in [2.05, 4.69) is 14.5 Å². The number of imidazole rings is 1. The van der Waals surface area contributed by atoms with E-state index in [0.717, 1.165) is 30.4 Å². The molecule has 0 bridgehead atoms. The number of carbonyl (C=O) groups excluding carboxylic acids is 1. The van der Waals surface area contributed by atoms with Gasteiger partial charge >= 0.3 is 5.97 Å². The van der Waals surface area contributed by atoms with Crippen molar-refractivity contribution in [2.75, 3.05) is 13.1 Å². The molecule has 1 unspecified atom stereocenters. The van der Waals surface area contributed by atoms with E-state index < -0.39 is 5.41 Å². The normalized spacial score (nSPS) is 20.2. The molecule has 6 heteroatoms. The third-order valence-electron chi connectivity index (χ3n) is 3.95. The minimum Gasteiger partial charge on any atom is -0.367 e. The number of carbonyl (C=O) groups is 1. The van der Waals surface area contributed by atoms with Gasteiger partial charge in [-0.05, 0) is 39.7 Å². The van der Waals surface area contributed by atoms with Gasteiger partial charge in [0, 0.05) is 12.7 Å². The molecule has 3 rings (SSSR count). The van der Waals surface area contributed by atoms with E-state index in [4.69, 9.17) is 4.84 Å². The van der Waals surface area contributed by atoms with Crippen LogP contribution in [0.4, 0.5) is 0 Å². The Morgan fingerprint density at radius 3 is 3.00 bits per heavy atom. The van der Waals surface area contributed by atoms with Crippen molar-refractivity contribution in [3.63, 3.8) is 0 Å². The van der Waals surface area contributed by atoms with Crippen LogP contribution in [0.3, 0.4) is 0 Å². The Balaban J connectivity index is 1.74.